The number of H-pyrrole nitrogens is 1. The molecule has 4 nitrogen and oxygen atoms in total. The third-order valence-electron chi connectivity index (χ3n) is 3.51. The van der Waals surface area contributed by atoms with Crippen molar-refractivity contribution in [1.82, 2.24) is 9.97 Å². The van der Waals surface area contributed by atoms with E-state index in [-0.39, 0.29) is 11.4 Å². The number of hydrogen-bond donors (Lipinski definition) is 1. The van der Waals surface area contributed by atoms with Gasteiger partial charge in [0.15, 0.2) is 0 Å². The van der Waals surface area contributed by atoms with Gasteiger partial charge in [0, 0.05) is 0 Å². The number of methoxy groups -OCH3 is 1. The van der Waals surface area contributed by atoms with Gasteiger partial charge in [-0.3, -0.25) is 0 Å². The topological polar surface area (TPSA) is 55.0 Å². The third kappa shape index (κ3) is 1.61. The number of aromatic amines is 1. The minimum Gasteiger partial charge on any atom is -0.464 e. The number of carbonyl (C=O) groups is 1. The largest absolute Gasteiger partial charge is 0.464 e. The molecule has 1 heterocycles. The lowest BCUT2D eigenvalue weighted by Crippen LogP contribution is -2.11. The number of carbonyl (C=O) groups excluding carboxylic acids is 1. The van der Waals surface area contributed by atoms with Crippen molar-refractivity contribution in [2.45, 2.75) is 18.3 Å². The van der Waals surface area contributed by atoms with E-state index in [9.17, 15) is 4.79 Å². The highest BCUT2D eigenvalue weighted by atomic mass is 16.5. The maximum Gasteiger partial charge on any atom is 0.356 e. The predicted octanol–water partition coefficient (Wildman–Crippen LogP) is 2.28. The normalized spacial score (nSPS) is 16.3. The summed E-state index contributed by atoms with van der Waals surface area (Å²) in [5.74, 6) is 0.478. The molecule has 0 atom stereocenters. The van der Waals surface area contributed by atoms with Gasteiger partial charge in [-0.1, -0.05) is 30.3 Å². The monoisotopic (exact) mass is 242 g/mol. The van der Waals surface area contributed by atoms with E-state index in [1.165, 1.54) is 12.7 Å². The number of esters is 1. The number of aromatic nitrogens is 2. The van der Waals surface area contributed by atoms with Crippen LogP contribution in [0, 0.1) is 0 Å². The van der Waals surface area contributed by atoms with Gasteiger partial charge < -0.3 is 9.72 Å². The molecule has 0 aliphatic heterocycles. The maximum absolute atomic E-state index is 11.4. The van der Waals surface area contributed by atoms with E-state index in [0.29, 0.717) is 5.69 Å². The van der Waals surface area contributed by atoms with Crippen LogP contribution in [0.25, 0.3) is 0 Å². The Morgan fingerprint density at radius 2 is 2.06 bits per heavy atom. The Morgan fingerprint density at radius 3 is 2.67 bits per heavy atom. The second-order valence-corrected chi connectivity index (χ2v) is 4.59. The zero-order valence-corrected chi connectivity index (χ0v) is 10.1. The molecule has 0 bridgehead atoms. The van der Waals surface area contributed by atoms with E-state index < -0.39 is 0 Å². The zero-order valence-electron chi connectivity index (χ0n) is 10.1. The molecule has 0 unspecified atom stereocenters. The molecule has 18 heavy (non-hydrogen) atoms. The first-order valence-corrected chi connectivity index (χ1v) is 5.95. The summed E-state index contributed by atoms with van der Waals surface area (Å²) < 4.78 is 4.68. The smallest absolute Gasteiger partial charge is 0.356 e. The van der Waals surface area contributed by atoms with Crippen LogP contribution < -0.4 is 0 Å². The molecule has 0 radical (unpaired) electrons. The van der Waals surface area contributed by atoms with Gasteiger partial charge in [0.1, 0.15) is 11.5 Å². The average molecular weight is 242 g/mol. The van der Waals surface area contributed by atoms with E-state index >= 15 is 0 Å². The molecule has 0 amide bonds. The lowest BCUT2D eigenvalue weighted by atomic mass is 9.95. The minimum absolute atomic E-state index is 0.0342. The van der Waals surface area contributed by atoms with Crippen molar-refractivity contribution in [3.05, 3.63) is 53.6 Å². The minimum atomic E-state index is -0.377. The van der Waals surface area contributed by atoms with Crippen molar-refractivity contribution >= 4 is 5.97 Å². The first-order chi connectivity index (χ1) is 8.76. The van der Waals surface area contributed by atoms with Crippen molar-refractivity contribution in [2.24, 2.45) is 0 Å². The summed E-state index contributed by atoms with van der Waals surface area (Å²) in [6, 6.07) is 10.3. The van der Waals surface area contributed by atoms with Crippen molar-refractivity contribution in [3.8, 4) is 0 Å². The van der Waals surface area contributed by atoms with Crippen molar-refractivity contribution in [3.63, 3.8) is 0 Å². The Balaban J connectivity index is 1.96. The molecule has 92 valence electrons. The summed E-state index contributed by atoms with van der Waals surface area (Å²) in [6.07, 6.45) is 3.67. The lowest BCUT2D eigenvalue weighted by Gasteiger charge is -2.12. The van der Waals surface area contributed by atoms with Crippen LogP contribution in [0.15, 0.2) is 36.5 Å². The molecule has 2 aromatic rings. The summed E-state index contributed by atoms with van der Waals surface area (Å²) in [5, 5.41) is 0. The average Bonchev–Trinajstić information content (AvgIpc) is 3.10. The van der Waals surface area contributed by atoms with Crippen LogP contribution in [0.1, 0.15) is 34.7 Å². The highest BCUT2D eigenvalue weighted by Gasteiger charge is 2.48. The lowest BCUT2D eigenvalue weighted by molar-refractivity contribution is 0.0594. The fourth-order valence-electron chi connectivity index (χ4n) is 2.32. The van der Waals surface area contributed by atoms with E-state index in [0.717, 1.165) is 18.7 Å². The first-order valence-electron chi connectivity index (χ1n) is 5.95. The van der Waals surface area contributed by atoms with Crippen molar-refractivity contribution < 1.29 is 9.53 Å². The van der Waals surface area contributed by atoms with Crippen LogP contribution >= 0.6 is 0 Å². The summed E-state index contributed by atoms with van der Waals surface area (Å²) >= 11 is 0. The van der Waals surface area contributed by atoms with Crippen LogP contribution in [0.5, 0.6) is 0 Å². The van der Waals surface area contributed by atoms with Crippen molar-refractivity contribution in [2.75, 3.05) is 7.11 Å². The summed E-state index contributed by atoms with van der Waals surface area (Å²) in [4.78, 5) is 18.8. The number of rotatable bonds is 3. The number of imidazole rings is 1. The molecule has 3 rings (SSSR count). The molecule has 1 aliphatic rings. The fourth-order valence-corrected chi connectivity index (χ4v) is 2.32. The van der Waals surface area contributed by atoms with E-state index in [1.54, 1.807) is 6.20 Å². The van der Waals surface area contributed by atoms with Crippen LogP contribution in [-0.2, 0) is 10.2 Å². The van der Waals surface area contributed by atoms with Crippen LogP contribution in [-0.4, -0.2) is 23.0 Å². The van der Waals surface area contributed by atoms with Gasteiger partial charge in [0.2, 0.25) is 0 Å². The predicted molar refractivity (Wildman–Crippen MR) is 66.4 cm³/mol. The first kappa shape index (κ1) is 11.0. The molecule has 1 N–H and O–H groups in total. The highest BCUT2D eigenvalue weighted by molar-refractivity contribution is 5.86. The molecule has 4 heteroatoms. The molecule has 1 saturated carbocycles. The van der Waals surface area contributed by atoms with Gasteiger partial charge in [0.25, 0.3) is 0 Å². The Labute approximate surface area is 105 Å². The van der Waals surface area contributed by atoms with Gasteiger partial charge in [-0.05, 0) is 18.4 Å². The van der Waals surface area contributed by atoms with Gasteiger partial charge in [-0.15, -0.1) is 0 Å². The molecule has 1 aliphatic carbocycles. The molecule has 1 fully saturated rings. The fraction of sp³-hybridized carbons (Fsp3) is 0.286. The maximum atomic E-state index is 11.4. The molecular formula is C14H14N2O2. The van der Waals surface area contributed by atoms with E-state index in [2.05, 4.69) is 26.8 Å². The number of nitrogens with one attached hydrogen (secondary N) is 1. The van der Waals surface area contributed by atoms with Gasteiger partial charge in [-0.25, -0.2) is 9.78 Å². The van der Waals surface area contributed by atoms with E-state index in [1.807, 2.05) is 18.2 Å². The Morgan fingerprint density at radius 1 is 1.33 bits per heavy atom. The molecular weight excluding hydrogens is 228 g/mol. The summed E-state index contributed by atoms with van der Waals surface area (Å²) in [7, 11) is 1.37. The second-order valence-electron chi connectivity index (χ2n) is 4.59. The van der Waals surface area contributed by atoms with Gasteiger partial charge in [-0.2, -0.15) is 0 Å². The van der Waals surface area contributed by atoms with E-state index in [4.69, 9.17) is 0 Å². The zero-order chi connectivity index (χ0) is 12.6. The molecule has 1 aromatic carbocycles. The SMILES string of the molecule is COC(=O)c1cnc(C2(c3ccccc3)CC2)[nH]1. The number of ether oxygens (including phenoxy) is 1. The number of hydrogen-bond acceptors (Lipinski definition) is 3. The van der Waals surface area contributed by atoms with Crippen LogP contribution in [0.4, 0.5) is 0 Å². The van der Waals surface area contributed by atoms with Crippen LogP contribution in [0.3, 0.4) is 0 Å². The summed E-state index contributed by atoms with van der Waals surface area (Å²) in [5.41, 5.74) is 1.62. The second kappa shape index (κ2) is 3.98. The van der Waals surface area contributed by atoms with Gasteiger partial charge >= 0.3 is 5.97 Å². The van der Waals surface area contributed by atoms with Crippen molar-refractivity contribution in [1.29, 1.82) is 0 Å². The number of benzene rings is 1. The summed E-state index contributed by atoms with van der Waals surface area (Å²) in [6.45, 7) is 0. The van der Waals surface area contributed by atoms with Crippen LogP contribution in [0.2, 0.25) is 0 Å². The van der Waals surface area contributed by atoms with Gasteiger partial charge in [0.05, 0.1) is 18.7 Å². The quantitative estimate of drug-likeness (QED) is 0.840. The third-order valence-corrected chi connectivity index (χ3v) is 3.51. The molecule has 0 spiro atoms. The Kier molecular flexibility index (Phi) is 2.44. The number of nitrogens with zero attached hydrogens (tertiary/aromatic N) is 1. The molecule has 0 saturated heterocycles. The Hall–Kier alpha value is -2.10. The Bertz CT molecular complexity index is 570. The highest BCUT2D eigenvalue weighted by Crippen LogP contribution is 2.52. The standard InChI is InChI=1S/C14H14N2O2/c1-18-12(17)11-9-15-13(16-11)14(7-8-14)10-5-3-2-4-6-10/h2-6,9H,7-8H2,1H3,(H,15,16). The molecule has 1 aromatic heterocycles.